The number of aromatic nitrogens is 2. The lowest BCUT2D eigenvalue weighted by Crippen LogP contribution is -1.98. The Bertz CT molecular complexity index is 1490. The molecule has 3 heteroatoms. The van der Waals surface area contributed by atoms with Crippen LogP contribution >= 0.6 is 0 Å². The molecule has 31 heavy (non-hydrogen) atoms. The van der Waals surface area contributed by atoms with Crippen molar-refractivity contribution in [2.24, 2.45) is 0 Å². The highest BCUT2D eigenvalue weighted by Crippen LogP contribution is 2.37. The van der Waals surface area contributed by atoms with Gasteiger partial charge in [-0.3, -0.25) is 0 Å². The minimum absolute atomic E-state index is 0.703. The van der Waals surface area contributed by atoms with E-state index in [-0.39, 0.29) is 0 Å². The average molecular weight is 402 g/mol. The number of furan rings is 1. The molecule has 0 fully saturated rings. The maximum absolute atomic E-state index is 6.34. The molecule has 0 N–H and O–H groups in total. The van der Waals surface area contributed by atoms with Crippen LogP contribution in [-0.2, 0) is 0 Å². The number of hydrogen-bond donors (Lipinski definition) is 0. The van der Waals surface area contributed by atoms with E-state index in [1.54, 1.807) is 0 Å². The molecule has 0 aliphatic heterocycles. The van der Waals surface area contributed by atoms with Crippen LogP contribution in [0.25, 0.3) is 49.8 Å². The van der Waals surface area contributed by atoms with Gasteiger partial charge in [-0.15, -0.1) is 0 Å². The predicted molar refractivity (Wildman–Crippen MR) is 130 cm³/mol. The SMILES string of the molecule is C\C=C/C=C(\C=C/C)c1nc(-c2ccccc2)nc2ccc3c4ccccc4oc3c12. The molecule has 5 rings (SSSR count). The second-order valence-electron chi connectivity index (χ2n) is 7.34. The Morgan fingerprint density at radius 2 is 1.61 bits per heavy atom. The monoisotopic (exact) mass is 402 g/mol. The fourth-order valence-corrected chi connectivity index (χ4v) is 3.92. The average Bonchev–Trinajstić information content (AvgIpc) is 3.20. The molecule has 0 amide bonds. The Morgan fingerprint density at radius 3 is 2.42 bits per heavy atom. The molecule has 0 bridgehead atoms. The summed E-state index contributed by atoms with van der Waals surface area (Å²) in [6, 6.07) is 22.4. The van der Waals surface area contributed by atoms with Gasteiger partial charge in [0.1, 0.15) is 11.2 Å². The highest BCUT2D eigenvalue weighted by Gasteiger charge is 2.18. The molecule has 0 saturated heterocycles. The predicted octanol–water partition coefficient (Wildman–Crippen LogP) is 7.73. The van der Waals surface area contributed by atoms with Crippen LogP contribution < -0.4 is 0 Å². The minimum Gasteiger partial charge on any atom is -0.455 e. The maximum atomic E-state index is 6.34. The van der Waals surface area contributed by atoms with Crippen LogP contribution in [-0.4, -0.2) is 9.97 Å². The lowest BCUT2D eigenvalue weighted by atomic mass is 10.0. The van der Waals surface area contributed by atoms with E-state index in [0.717, 1.165) is 49.7 Å². The molecule has 3 nitrogen and oxygen atoms in total. The Kier molecular flexibility index (Phi) is 4.93. The van der Waals surface area contributed by atoms with E-state index in [4.69, 9.17) is 14.4 Å². The van der Waals surface area contributed by atoms with Gasteiger partial charge < -0.3 is 4.42 Å². The summed E-state index contributed by atoms with van der Waals surface area (Å²) in [5.41, 5.74) is 5.42. The molecule has 5 aromatic rings. The third kappa shape index (κ3) is 3.34. The van der Waals surface area contributed by atoms with Crippen LogP contribution in [0.5, 0.6) is 0 Å². The molecule has 0 aliphatic carbocycles. The molecule has 0 spiro atoms. The molecular formula is C28H22N2O. The number of allylic oxidation sites excluding steroid dienone is 6. The molecule has 2 heterocycles. The van der Waals surface area contributed by atoms with E-state index < -0.39 is 0 Å². The number of nitrogens with zero attached hydrogens (tertiary/aromatic N) is 2. The largest absolute Gasteiger partial charge is 0.455 e. The highest BCUT2D eigenvalue weighted by atomic mass is 16.3. The van der Waals surface area contributed by atoms with Gasteiger partial charge in [0.15, 0.2) is 5.82 Å². The zero-order valence-electron chi connectivity index (χ0n) is 17.5. The van der Waals surface area contributed by atoms with Crippen molar-refractivity contribution in [1.29, 1.82) is 0 Å². The topological polar surface area (TPSA) is 38.9 Å². The number of benzene rings is 3. The number of para-hydroxylation sites is 1. The summed E-state index contributed by atoms with van der Waals surface area (Å²) in [5, 5.41) is 3.11. The Labute approximate surface area is 181 Å². The molecule has 0 unspecified atom stereocenters. The van der Waals surface area contributed by atoms with Crippen molar-refractivity contribution < 1.29 is 4.42 Å². The van der Waals surface area contributed by atoms with Crippen LogP contribution in [0.3, 0.4) is 0 Å². The van der Waals surface area contributed by atoms with Gasteiger partial charge in [-0.05, 0) is 32.0 Å². The van der Waals surface area contributed by atoms with Crippen molar-refractivity contribution in [3.05, 3.63) is 103 Å². The second-order valence-corrected chi connectivity index (χ2v) is 7.34. The van der Waals surface area contributed by atoms with Crippen molar-refractivity contribution in [1.82, 2.24) is 9.97 Å². The van der Waals surface area contributed by atoms with Gasteiger partial charge >= 0.3 is 0 Å². The third-order valence-electron chi connectivity index (χ3n) is 5.33. The van der Waals surface area contributed by atoms with Crippen LogP contribution in [0.2, 0.25) is 0 Å². The summed E-state index contributed by atoms with van der Waals surface area (Å²) < 4.78 is 6.34. The van der Waals surface area contributed by atoms with Gasteiger partial charge in [0.05, 0.1) is 16.6 Å². The molecule has 0 atom stereocenters. The smallest absolute Gasteiger partial charge is 0.160 e. The van der Waals surface area contributed by atoms with Crippen LogP contribution in [0, 0.1) is 0 Å². The van der Waals surface area contributed by atoms with E-state index in [0.29, 0.717) is 5.82 Å². The highest BCUT2D eigenvalue weighted by molar-refractivity contribution is 6.17. The zero-order chi connectivity index (χ0) is 21.2. The van der Waals surface area contributed by atoms with Gasteiger partial charge in [0, 0.05) is 21.9 Å². The Hall–Kier alpha value is -3.98. The van der Waals surface area contributed by atoms with Crippen molar-refractivity contribution >= 4 is 38.4 Å². The van der Waals surface area contributed by atoms with Crippen molar-refractivity contribution in [2.45, 2.75) is 13.8 Å². The maximum Gasteiger partial charge on any atom is 0.160 e. The first-order valence-corrected chi connectivity index (χ1v) is 10.4. The summed E-state index contributed by atoms with van der Waals surface area (Å²) in [6.45, 7) is 4.02. The van der Waals surface area contributed by atoms with Crippen molar-refractivity contribution in [3.63, 3.8) is 0 Å². The third-order valence-corrected chi connectivity index (χ3v) is 5.33. The van der Waals surface area contributed by atoms with Gasteiger partial charge in [-0.1, -0.05) is 78.9 Å². The fourth-order valence-electron chi connectivity index (χ4n) is 3.92. The first-order chi connectivity index (χ1) is 15.3. The minimum atomic E-state index is 0.703. The second kappa shape index (κ2) is 8.04. The van der Waals surface area contributed by atoms with E-state index in [2.05, 4.69) is 30.4 Å². The first-order valence-electron chi connectivity index (χ1n) is 10.4. The number of hydrogen-bond acceptors (Lipinski definition) is 3. The van der Waals surface area contributed by atoms with Crippen LogP contribution in [0.4, 0.5) is 0 Å². The molecule has 0 radical (unpaired) electrons. The van der Waals surface area contributed by atoms with Gasteiger partial charge in [-0.2, -0.15) is 0 Å². The van der Waals surface area contributed by atoms with E-state index >= 15 is 0 Å². The van der Waals surface area contributed by atoms with Crippen molar-refractivity contribution in [3.8, 4) is 11.4 Å². The Morgan fingerprint density at radius 1 is 0.806 bits per heavy atom. The summed E-state index contributed by atoms with van der Waals surface area (Å²) in [6.07, 6.45) is 10.2. The number of fused-ring (bicyclic) bond motifs is 5. The lowest BCUT2D eigenvalue weighted by Gasteiger charge is -2.10. The van der Waals surface area contributed by atoms with Gasteiger partial charge in [-0.25, -0.2) is 9.97 Å². The van der Waals surface area contributed by atoms with E-state index in [1.165, 1.54) is 0 Å². The fraction of sp³-hybridized carbons (Fsp3) is 0.0714. The molecule has 0 saturated carbocycles. The molecule has 2 aromatic heterocycles. The summed E-state index contributed by atoms with van der Waals surface area (Å²) >= 11 is 0. The molecular weight excluding hydrogens is 380 g/mol. The molecule has 150 valence electrons. The van der Waals surface area contributed by atoms with Crippen LogP contribution in [0.15, 0.2) is 102 Å². The van der Waals surface area contributed by atoms with Crippen LogP contribution in [0.1, 0.15) is 19.5 Å². The quantitative estimate of drug-likeness (QED) is 0.289. The molecule has 3 aromatic carbocycles. The first kappa shape index (κ1) is 19.0. The zero-order valence-corrected chi connectivity index (χ0v) is 17.5. The summed E-state index contributed by atoms with van der Waals surface area (Å²) in [5.74, 6) is 0.703. The normalized spacial score (nSPS) is 12.8. The van der Waals surface area contributed by atoms with E-state index in [9.17, 15) is 0 Å². The van der Waals surface area contributed by atoms with Crippen molar-refractivity contribution in [2.75, 3.05) is 0 Å². The lowest BCUT2D eigenvalue weighted by molar-refractivity contribution is 0.672. The van der Waals surface area contributed by atoms with Gasteiger partial charge in [0.2, 0.25) is 0 Å². The molecule has 0 aliphatic rings. The summed E-state index contributed by atoms with van der Waals surface area (Å²) in [7, 11) is 0. The van der Waals surface area contributed by atoms with E-state index in [1.807, 2.05) is 80.6 Å². The standard InChI is InChI=1S/C28H22N2O/c1-3-5-12-19(11-4-2)26-25-23(29-28(30-26)20-13-7-6-8-14-20)18-17-22-21-15-9-10-16-24(21)31-27(22)25/h3-18H,1-2H3/b5-3-,11-4-,19-12+. The Balaban J connectivity index is 1.93. The van der Waals surface area contributed by atoms with Gasteiger partial charge in [0.25, 0.3) is 0 Å². The summed E-state index contributed by atoms with van der Waals surface area (Å²) in [4.78, 5) is 9.95. The number of rotatable bonds is 4.